The van der Waals surface area contributed by atoms with Gasteiger partial charge < -0.3 is 16.4 Å². The molecule has 0 bridgehead atoms. The van der Waals surface area contributed by atoms with Crippen molar-refractivity contribution in [2.24, 2.45) is 0 Å². The quantitative estimate of drug-likeness (QED) is 0.717. The zero-order chi connectivity index (χ0) is 18.5. The fraction of sp³-hybridized carbons (Fsp3) is 0.421. The Hall–Kier alpha value is -2.83. The molecule has 1 aliphatic carbocycles. The van der Waals surface area contributed by atoms with Gasteiger partial charge in [0.2, 0.25) is 5.91 Å². The first kappa shape index (κ1) is 18.0. The summed E-state index contributed by atoms with van der Waals surface area (Å²) in [6.45, 7) is 2.01. The summed E-state index contributed by atoms with van der Waals surface area (Å²) in [7, 11) is 0. The molecule has 7 nitrogen and oxygen atoms in total. The molecule has 2 aromatic rings. The number of nitrogens with zero attached hydrogens (tertiary/aromatic N) is 2. The third kappa shape index (κ3) is 4.62. The molecule has 1 aromatic heterocycles. The number of nitrogens with one attached hydrogen (secondary N) is 2. The largest absolute Gasteiger partial charge is 0.399 e. The molecule has 7 heteroatoms. The van der Waals surface area contributed by atoms with E-state index < -0.39 is 0 Å². The van der Waals surface area contributed by atoms with Crippen LogP contribution in [0.25, 0.3) is 0 Å². The smallest absolute Gasteiger partial charge is 0.258 e. The zero-order valence-electron chi connectivity index (χ0n) is 15.0. The Morgan fingerprint density at radius 2 is 2.04 bits per heavy atom. The van der Waals surface area contributed by atoms with Crippen LogP contribution in [0.5, 0.6) is 0 Å². The van der Waals surface area contributed by atoms with Gasteiger partial charge in [-0.3, -0.25) is 14.3 Å². The van der Waals surface area contributed by atoms with Gasteiger partial charge in [-0.25, -0.2) is 0 Å². The van der Waals surface area contributed by atoms with Crippen LogP contribution in [0.2, 0.25) is 0 Å². The van der Waals surface area contributed by atoms with Crippen molar-refractivity contribution in [3.05, 3.63) is 41.7 Å². The van der Waals surface area contributed by atoms with Gasteiger partial charge in [0, 0.05) is 23.6 Å². The molecule has 0 atom stereocenters. The second-order valence-corrected chi connectivity index (χ2v) is 6.86. The molecule has 1 aromatic carbocycles. The van der Waals surface area contributed by atoms with E-state index in [1.54, 1.807) is 18.3 Å². The normalized spacial score (nSPS) is 14.8. The fourth-order valence-corrected chi connectivity index (χ4v) is 3.20. The highest BCUT2D eigenvalue weighted by molar-refractivity contribution is 6.04. The Balaban J connectivity index is 1.57. The summed E-state index contributed by atoms with van der Waals surface area (Å²) in [5, 5.41) is 9.99. The second kappa shape index (κ2) is 8.03. The van der Waals surface area contributed by atoms with E-state index >= 15 is 0 Å². The van der Waals surface area contributed by atoms with Crippen molar-refractivity contribution in [2.45, 2.75) is 51.6 Å². The van der Waals surface area contributed by atoms with E-state index in [9.17, 15) is 9.59 Å². The van der Waals surface area contributed by atoms with Crippen molar-refractivity contribution in [1.29, 1.82) is 0 Å². The molecule has 1 heterocycles. The van der Waals surface area contributed by atoms with E-state index in [-0.39, 0.29) is 24.4 Å². The van der Waals surface area contributed by atoms with Crippen LogP contribution < -0.4 is 16.4 Å². The molecular formula is C19H25N5O2. The number of carbonyl (C=O) groups is 2. The minimum atomic E-state index is -0.280. The Bertz CT molecular complexity index is 793. The highest BCUT2D eigenvalue weighted by Gasteiger charge is 2.17. The van der Waals surface area contributed by atoms with Crippen molar-refractivity contribution in [3.63, 3.8) is 0 Å². The molecule has 3 rings (SSSR count). The SMILES string of the molecule is Cc1ccc(N)cc1NC(=O)c1cnn(CC(=O)NC2CCCCC2)c1. The van der Waals surface area contributed by atoms with Crippen molar-refractivity contribution < 1.29 is 9.59 Å². The molecule has 0 aliphatic heterocycles. The Labute approximate surface area is 153 Å². The predicted octanol–water partition coefficient (Wildman–Crippen LogP) is 2.47. The highest BCUT2D eigenvalue weighted by Crippen LogP contribution is 2.19. The van der Waals surface area contributed by atoms with Crippen molar-refractivity contribution in [1.82, 2.24) is 15.1 Å². The van der Waals surface area contributed by atoms with Gasteiger partial charge in [-0.05, 0) is 37.5 Å². The summed E-state index contributed by atoms with van der Waals surface area (Å²) >= 11 is 0. The minimum absolute atomic E-state index is 0.0707. The van der Waals surface area contributed by atoms with Crippen LogP contribution in [0, 0.1) is 6.92 Å². The summed E-state index contributed by atoms with van der Waals surface area (Å²) in [5.74, 6) is -0.351. The Kier molecular flexibility index (Phi) is 5.55. The van der Waals surface area contributed by atoms with Crippen LogP contribution in [0.1, 0.15) is 48.0 Å². The van der Waals surface area contributed by atoms with Gasteiger partial charge in [0.05, 0.1) is 11.8 Å². The number of anilines is 2. The lowest BCUT2D eigenvalue weighted by Gasteiger charge is -2.22. The van der Waals surface area contributed by atoms with Crippen molar-refractivity contribution in [3.8, 4) is 0 Å². The van der Waals surface area contributed by atoms with Gasteiger partial charge in [-0.2, -0.15) is 5.10 Å². The average Bonchev–Trinajstić information content (AvgIpc) is 3.07. The number of hydrogen-bond acceptors (Lipinski definition) is 4. The lowest BCUT2D eigenvalue weighted by molar-refractivity contribution is -0.122. The van der Waals surface area contributed by atoms with Crippen LogP contribution in [0.15, 0.2) is 30.6 Å². The first-order valence-electron chi connectivity index (χ1n) is 9.00. The number of nitrogen functional groups attached to an aromatic ring is 1. The molecule has 2 amide bonds. The Morgan fingerprint density at radius 1 is 1.27 bits per heavy atom. The van der Waals surface area contributed by atoms with E-state index in [1.807, 2.05) is 13.0 Å². The van der Waals surface area contributed by atoms with Crippen molar-refractivity contribution >= 4 is 23.2 Å². The molecular weight excluding hydrogens is 330 g/mol. The highest BCUT2D eigenvalue weighted by atomic mass is 16.2. The standard InChI is InChI=1S/C19H25N5O2/c1-13-7-8-15(20)9-17(13)23-19(26)14-10-21-24(11-14)12-18(25)22-16-5-3-2-4-6-16/h7-11,16H,2-6,12,20H2,1H3,(H,22,25)(H,23,26). The average molecular weight is 355 g/mol. The maximum absolute atomic E-state index is 12.4. The first-order chi connectivity index (χ1) is 12.5. The monoisotopic (exact) mass is 355 g/mol. The van der Waals surface area contributed by atoms with Gasteiger partial charge in [0.1, 0.15) is 6.54 Å². The van der Waals surface area contributed by atoms with Crippen LogP contribution >= 0.6 is 0 Å². The maximum Gasteiger partial charge on any atom is 0.258 e. The number of aryl methyl sites for hydroxylation is 1. The van der Waals surface area contributed by atoms with Crippen LogP contribution in [-0.4, -0.2) is 27.6 Å². The van der Waals surface area contributed by atoms with E-state index in [0.29, 0.717) is 16.9 Å². The lowest BCUT2D eigenvalue weighted by Crippen LogP contribution is -2.38. The topological polar surface area (TPSA) is 102 Å². The van der Waals surface area contributed by atoms with E-state index in [2.05, 4.69) is 15.7 Å². The van der Waals surface area contributed by atoms with E-state index in [1.165, 1.54) is 30.1 Å². The van der Waals surface area contributed by atoms with Gasteiger partial charge in [-0.15, -0.1) is 0 Å². The molecule has 1 aliphatic rings. The molecule has 0 radical (unpaired) electrons. The molecule has 0 spiro atoms. The van der Waals surface area contributed by atoms with Gasteiger partial charge in [-0.1, -0.05) is 25.3 Å². The van der Waals surface area contributed by atoms with Gasteiger partial charge in [0.25, 0.3) is 5.91 Å². The molecule has 1 fully saturated rings. The first-order valence-corrected chi connectivity index (χ1v) is 9.00. The molecule has 0 saturated heterocycles. The fourth-order valence-electron chi connectivity index (χ4n) is 3.20. The minimum Gasteiger partial charge on any atom is -0.399 e. The van der Waals surface area contributed by atoms with Crippen LogP contribution in [0.4, 0.5) is 11.4 Å². The second-order valence-electron chi connectivity index (χ2n) is 6.86. The lowest BCUT2D eigenvalue weighted by atomic mass is 9.95. The third-order valence-electron chi connectivity index (χ3n) is 4.68. The number of aromatic nitrogens is 2. The molecule has 0 unspecified atom stereocenters. The molecule has 138 valence electrons. The summed E-state index contributed by atoms with van der Waals surface area (Å²) in [5.41, 5.74) is 8.34. The van der Waals surface area contributed by atoms with Gasteiger partial charge >= 0.3 is 0 Å². The van der Waals surface area contributed by atoms with E-state index in [0.717, 1.165) is 18.4 Å². The summed E-state index contributed by atoms with van der Waals surface area (Å²) in [6, 6.07) is 5.62. The van der Waals surface area contributed by atoms with E-state index in [4.69, 9.17) is 5.73 Å². The summed E-state index contributed by atoms with van der Waals surface area (Å²) in [6.07, 6.45) is 8.70. The van der Waals surface area contributed by atoms with Crippen LogP contribution in [0.3, 0.4) is 0 Å². The van der Waals surface area contributed by atoms with Gasteiger partial charge in [0.15, 0.2) is 0 Å². The number of hydrogen-bond donors (Lipinski definition) is 3. The third-order valence-corrected chi connectivity index (χ3v) is 4.68. The van der Waals surface area contributed by atoms with Crippen LogP contribution in [-0.2, 0) is 11.3 Å². The predicted molar refractivity (Wildman–Crippen MR) is 101 cm³/mol. The maximum atomic E-state index is 12.4. The zero-order valence-corrected chi connectivity index (χ0v) is 15.0. The number of amides is 2. The van der Waals surface area contributed by atoms with Crippen molar-refractivity contribution in [2.75, 3.05) is 11.1 Å². The number of carbonyl (C=O) groups excluding carboxylic acids is 2. The number of nitrogens with two attached hydrogens (primary N) is 1. The summed E-state index contributed by atoms with van der Waals surface area (Å²) in [4.78, 5) is 24.5. The number of rotatable bonds is 5. The number of benzene rings is 1. The Morgan fingerprint density at radius 3 is 2.81 bits per heavy atom. The molecule has 4 N–H and O–H groups in total. The molecule has 26 heavy (non-hydrogen) atoms. The summed E-state index contributed by atoms with van der Waals surface area (Å²) < 4.78 is 1.49. The molecule has 1 saturated carbocycles.